The zero-order valence-corrected chi connectivity index (χ0v) is 9.11. The monoisotopic (exact) mass is 197 g/mol. The maximum Gasteiger partial charge on any atom is 0.185 e. The average molecular weight is 197 g/mol. The predicted molar refractivity (Wildman–Crippen MR) is 56.8 cm³/mol. The Balaban J connectivity index is 2.24. The van der Waals surface area contributed by atoms with Crippen molar-refractivity contribution in [1.82, 2.24) is 10.3 Å². The van der Waals surface area contributed by atoms with E-state index in [0.29, 0.717) is 5.92 Å². The molecule has 1 aliphatic heterocycles. The summed E-state index contributed by atoms with van der Waals surface area (Å²) in [6.07, 6.45) is 0. The number of anilines is 1. The molecule has 3 nitrogen and oxygen atoms in total. The highest BCUT2D eigenvalue weighted by Gasteiger charge is 2.24. The van der Waals surface area contributed by atoms with Crippen LogP contribution in [0.3, 0.4) is 0 Å². The molecular formula is C9H15N3S. The molecule has 0 saturated carbocycles. The summed E-state index contributed by atoms with van der Waals surface area (Å²) in [7, 11) is 4.09. The number of hydrogen-bond acceptors (Lipinski definition) is 4. The van der Waals surface area contributed by atoms with Gasteiger partial charge in [-0.05, 0) is 6.92 Å². The summed E-state index contributed by atoms with van der Waals surface area (Å²) in [4.78, 5) is 8.07. The minimum Gasteiger partial charge on any atom is -0.354 e. The lowest BCUT2D eigenvalue weighted by Crippen LogP contribution is -2.39. The zero-order valence-electron chi connectivity index (χ0n) is 8.29. The van der Waals surface area contributed by atoms with Crippen molar-refractivity contribution in [3.8, 4) is 0 Å². The Morgan fingerprint density at radius 3 is 2.54 bits per heavy atom. The van der Waals surface area contributed by atoms with Gasteiger partial charge in [-0.15, -0.1) is 11.3 Å². The first-order chi connectivity index (χ1) is 6.18. The van der Waals surface area contributed by atoms with E-state index >= 15 is 0 Å². The van der Waals surface area contributed by atoms with Gasteiger partial charge >= 0.3 is 0 Å². The van der Waals surface area contributed by atoms with E-state index in [1.165, 1.54) is 10.6 Å². The van der Waals surface area contributed by atoms with Crippen LogP contribution in [0.1, 0.15) is 16.5 Å². The minimum absolute atomic E-state index is 0.714. The normalized spacial score (nSPS) is 17.2. The van der Waals surface area contributed by atoms with E-state index in [9.17, 15) is 0 Å². The maximum absolute atomic E-state index is 4.53. The van der Waals surface area contributed by atoms with Gasteiger partial charge in [-0.2, -0.15) is 0 Å². The molecule has 2 heterocycles. The lowest BCUT2D eigenvalue weighted by atomic mass is 10.0. The molecule has 2 rings (SSSR count). The molecule has 0 unspecified atom stereocenters. The Bertz CT molecular complexity index is 302. The van der Waals surface area contributed by atoms with Crippen molar-refractivity contribution >= 4 is 16.5 Å². The highest BCUT2D eigenvalue weighted by Crippen LogP contribution is 2.32. The Morgan fingerprint density at radius 1 is 1.46 bits per heavy atom. The van der Waals surface area contributed by atoms with Crippen molar-refractivity contribution in [1.29, 1.82) is 0 Å². The number of nitrogens with one attached hydrogen (secondary N) is 1. The van der Waals surface area contributed by atoms with Crippen LogP contribution in [0, 0.1) is 6.92 Å². The number of aromatic nitrogens is 1. The van der Waals surface area contributed by atoms with Gasteiger partial charge in [0.25, 0.3) is 0 Å². The molecule has 0 atom stereocenters. The topological polar surface area (TPSA) is 28.2 Å². The van der Waals surface area contributed by atoms with Crippen LogP contribution in [-0.2, 0) is 0 Å². The fourth-order valence-corrected chi connectivity index (χ4v) is 2.53. The molecule has 1 aromatic heterocycles. The third kappa shape index (κ3) is 1.56. The smallest absolute Gasteiger partial charge is 0.185 e. The zero-order chi connectivity index (χ0) is 9.42. The lowest BCUT2D eigenvalue weighted by Gasteiger charge is -2.26. The first-order valence-corrected chi connectivity index (χ1v) is 5.35. The van der Waals surface area contributed by atoms with Crippen LogP contribution in [0.2, 0.25) is 0 Å². The van der Waals surface area contributed by atoms with Gasteiger partial charge in [-0.3, -0.25) is 0 Å². The molecule has 4 heteroatoms. The molecule has 0 aromatic carbocycles. The van der Waals surface area contributed by atoms with E-state index in [4.69, 9.17) is 0 Å². The van der Waals surface area contributed by atoms with Crippen LogP contribution in [0.5, 0.6) is 0 Å². The minimum atomic E-state index is 0.714. The summed E-state index contributed by atoms with van der Waals surface area (Å²) < 4.78 is 0. The SMILES string of the molecule is Cc1nc(N(C)C)sc1C1CNC1. The van der Waals surface area contributed by atoms with Gasteiger partial charge in [0.2, 0.25) is 0 Å². The molecular weight excluding hydrogens is 182 g/mol. The summed E-state index contributed by atoms with van der Waals surface area (Å²) in [6.45, 7) is 4.35. The first-order valence-electron chi connectivity index (χ1n) is 4.54. The second-order valence-corrected chi connectivity index (χ2v) is 4.70. The largest absolute Gasteiger partial charge is 0.354 e. The molecule has 1 fully saturated rings. The second kappa shape index (κ2) is 3.27. The summed E-state index contributed by atoms with van der Waals surface area (Å²) >= 11 is 1.83. The van der Waals surface area contributed by atoms with E-state index in [1.54, 1.807) is 0 Å². The Hall–Kier alpha value is -0.610. The van der Waals surface area contributed by atoms with Crippen LogP contribution in [0.25, 0.3) is 0 Å². The van der Waals surface area contributed by atoms with Crippen molar-refractivity contribution in [2.45, 2.75) is 12.8 Å². The second-order valence-electron chi connectivity index (χ2n) is 3.70. The van der Waals surface area contributed by atoms with E-state index in [2.05, 4.69) is 22.1 Å². The van der Waals surface area contributed by atoms with Crippen LogP contribution < -0.4 is 10.2 Å². The highest BCUT2D eigenvalue weighted by atomic mass is 32.1. The van der Waals surface area contributed by atoms with Crippen molar-refractivity contribution in [2.75, 3.05) is 32.1 Å². The van der Waals surface area contributed by atoms with Crippen molar-refractivity contribution in [3.63, 3.8) is 0 Å². The van der Waals surface area contributed by atoms with Gasteiger partial charge in [-0.1, -0.05) is 0 Å². The predicted octanol–water partition coefficient (Wildman–Crippen LogP) is 1.20. The Labute approximate surface area is 82.8 Å². The summed E-state index contributed by atoms with van der Waals surface area (Å²) in [5.74, 6) is 0.714. The van der Waals surface area contributed by atoms with Gasteiger partial charge < -0.3 is 10.2 Å². The van der Waals surface area contributed by atoms with Gasteiger partial charge in [0.15, 0.2) is 5.13 Å². The van der Waals surface area contributed by atoms with Crippen molar-refractivity contribution < 1.29 is 0 Å². The summed E-state index contributed by atoms with van der Waals surface area (Å²) in [6, 6.07) is 0. The molecule has 0 aliphatic carbocycles. The van der Waals surface area contributed by atoms with Gasteiger partial charge in [0.1, 0.15) is 0 Å². The standard InChI is InChI=1S/C9H15N3S/c1-6-8(7-4-10-5-7)13-9(11-6)12(2)3/h7,10H,4-5H2,1-3H3. The molecule has 0 amide bonds. The molecule has 0 radical (unpaired) electrons. The number of aryl methyl sites for hydroxylation is 1. The fourth-order valence-electron chi connectivity index (χ4n) is 1.44. The Morgan fingerprint density at radius 2 is 2.15 bits per heavy atom. The average Bonchev–Trinajstić information content (AvgIpc) is 2.29. The van der Waals surface area contributed by atoms with E-state index in [0.717, 1.165) is 18.2 Å². The van der Waals surface area contributed by atoms with E-state index in [-0.39, 0.29) is 0 Å². The van der Waals surface area contributed by atoms with Gasteiger partial charge in [0, 0.05) is 38.0 Å². The number of rotatable bonds is 2. The summed E-state index contributed by atoms with van der Waals surface area (Å²) in [5.41, 5.74) is 1.21. The molecule has 0 spiro atoms. The van der Waals surface area contributed by atoms with Crippen molar-refractivity contribution in [3.05, 3.63) is 10.6 Å². The summed E-state index contributed by atoms with van der Waals surface area (Å²) in [5, 5.41) is 4.42. The maximum atomic E-state index is 4.53. The third-order valence-corrected chi connectivity index (χ3v) is 3.84. The van der Waals surface area contributed by atoms with Gasteiger partial charge in [-0.25, -0.2) is 4.98 Å². The third-order valence-electron chi connectivity index (χ3n) is 2.36. The van der Waals surface area contributed by atoms with Gasteiger partial charge in [0.05, 0.1) is 5.69 Å². The molecule has 1 N–H and O–H groups in total. The quantitative estimate of drug-likeness (QED) is 0.772. The molecule has 0 bridgehead atoms. The van der Waals surface area contributed by atoms with E-state index < -0.39 is 0 Å². The van der Waals surface area contributed by atoms with E-state index in [1.807, 2.05) is 25.4 Å². The molecule has 13 heavy (non-hydrogen) atoms. The molecule has 1 aromatic rings. The lowest BCUT2D eigenvalue weighted by molar-refractivity contribution is 0.452. The number of thiazole rings is 1. The number of hydrogen-bond donors (Lipinski definition) is 1. The molecule has 1 saturated heterocycles. The highest BCUT2D eigenvalue weighted by molar-refractivity contribution is 7.15. The number of nitrogens with zero attached hydrogens (tertiary/aromatic N) is 2. The molecule has 72 valence electrons. The Kier molecular flexibility index (Phi) is 2.26. The fraction of sp³-hybridized carbons (Fsp3) is 0.667. The van der Waals surface area contributed by atoms with Crippen LogP contribution in [-0.4, -0.2) is 32.2 Å². The van der Waals surface area contributed by atoms with Crippen LogP contribution in [0.15, 0.2) is 0 Å². The van der Waals surface area contributed by atoms with Crippen molar-refractivity contribution in [2.24, 2.45) is 0 Å². The van der Waals surface area contributed by atoms with Crippen LogP contribution in [0.4, 0.5) is 5.13 Å². The molecule has 1 aliphatic rings. The van der Waals surface area contributed by atoms with Crippen LogP contribution >= 0.6 is 11.3 Å². The first kappa shape index (κ1) is 8.97.